The molecular weight excluding hydrogens is 352 g/mol. The molecule has 3 aliphatic heterocycles. The molecule has 0 N–H and O–H groups in total. The van der Waals surface area contributed by atoms with Crippen LogP contribution in [0.25, 0.3) is 0 Å². The van der Waals surface area contributed by atoms with E-state index in [-0.39, 0.29) is 6.10 Å². The molecule has 0 radical (unpaired) electrons. The second-order valence-electron chi connectivity index (χ2n) is 7.15. The molecule has 142 valence electrons. The van der Waals surface area contributed by atoms with Crippen molar-refractivity contribution < 1.29 is 23.0 Å². The van der Waals surface area contributed by atoms with Crippen LogP contribution in [0.3, 0.4) is 0 Å². The first kappa shape index (κ1) is 17.9. The Morgan fingerprint density at radius 1 is 1.00 bits per heavy atom. The lowest BCUT2D eigenvalue weighted by Gasteiger charge is -2.43. The van der Waals surface area contributed by atoms with Gasteiger partial charge in [-0.2, -0.15) is 0 Å². The van der Waals surface area contributed by atoms with E-state index >= 15 is 0 Å². The highest BCUT2D eigenvalue weighted by Crippen LogP contribution is 2.31. The Morgan fingerprint density at radius 3 is 2.37 bits per heavy atom. The van der Waals surface area contributed by atoms with Gasteiger partial charge in [-0.15, -0.1) is 0 Å². The molecule has 3 aliphatic rings. The summed E-state index contributed by atoms with van der Waals surface area (Å²) in [6.07, 6.45) is 0.204. The zero-order valence-electron chi connectivity index (χ0n) is 14.8. The Balaban J connectivity index is 1.52. The predicted octanol–water partition coefficient (Wildman–Crippen LogP) is 4.30. The van der Waals surface area contributed by atoms with E-state index in [4.69, 9.17) is 9.47 Å². The van der Waals surface area contributed by atoms with Crippen molar-refractivity contribution >= 4 is 6.16 Å². The van der Waals surface area contributed by atoms with Crippen molar-refractivity contribution in [1.82, 2.24) is 4.90 Å². The number of benzene rings is 2. The van der Waals surface area contributed by atoms with Gasteiger partial charge < -0.3 is 9.47 Å². The Bertz CT molecular complexity index is 803. The van der Waals surface area contributed by atoms with Crippen LogP contribution in [0, 0.1) is 17.6 Å². The number of fused-ring (bicyclic) bond motifs is 3. The normalized spacial score (nSPS) is 25.0. The van der Waals surface area contributed by atoms with Gasteiger partial charge in [0.2, 0.25) is 0 Å². The number of rotatable bonds is 4. The minimum absolute atomic E-state index is 0.179. The van der Waals surface area contributed by atoms with Gasteiger partial charge in [0.05, 0.1) is 0 Å². The van der Waals surface area contributed by atoms with Crippen LogP contribution >= 0.6 is 0 Å². The fourth-order valence-electron chi connectivity index (χ4n) is 3.93. The van der Waals surface area contributed by atoms with Gasteiger partial charge in [0.25, 0.3) is 0 Å². The van der Waals surface area contributed by atoms with Crippen LogP contribution < -0.4 is 0 Å². The summed E-state index contributed by atoms with van der Waals surface area (Å²) in [5, 5.41) is 0. The van der Waals surface area contributed by atoms with E-state index in [0.717, 1.165) is 32.5 Å². The topological polar surface area (TPSA) is 38.8 Å². The number of hydrogen-bond donors (Lipinski definition) is 0. The van der Waals surface area contributed by atoms with Gasteiger partial charge in [-0.1, -0.05) is 24.3 Å². The summed E-state index contributed by atoms with van der Waals surface area (Å²) in [6, 6.07) is 11.4. The van der Waals surface area contributed by atoms with Crippen molar-refractivity contribution in [3.8, 4) is 0 Å². The highest BCUT2D eigenvalue weighted by molar-refractivity contribution is 5.61. The summed E-state index contributed by atoms with van der Waals surface area (Å²) >= 11 is 0. The molecule has 3 heterocycles. The third-order valence-corrected chi connectivity index (χ3v) is 5.38. The molecule has 2 unspecified atom stereocenters. The molecule has 27 heavy (non-hydrogen) atoms. The number of hydrogen-bond acceptors (Lipinski definition) is 4. The molecule has 3 saturated heterocycles. The van der Waals surface area contributed by atoms with E-state index in [1.807, 2.05) is 0 Å². The van der Waals surface area contributed by atoms with Crippen LogP contribution in [0.2, 0.25) is 0 Å². The summed E-state index contributed by atoms with van der Waals surface area (Å²) < 4.78 is 38.1. The zero-order valence-corrected chi connectivity index (χ0v) is 14.8. The van der Waals surface area contributed by atoms with E-state index in [1.165, 1.54) is 36.4 Å². The van der Waals surface area contributed by atoms with Crippen LogP contribution in [-0.2, 0) is 9.47 Å². The van der Waals surface area contributed by atoms with Gasteiger partial charge in [-0.25, -0.2) is 13.6 Å². The average Bonchev–Trinajstić information content (AvgIpc) is 2.68. The quantitative estimate of drug-likeness (QED) is 0.749. The second kappa shape index (κ2) is 7.64. The van der Waals surface area contributed by atoms with E-state index in [1.54, 1.807) is 12.1 Å². The third-order valence-electron chi connectivity index (χ3n) is 5.38. The largest absolute Gasteiger partial charge is 0.509 e. The molecule has 4 nitrogen and oxygen atoms in total. The van der Waals surface area contributed by atoms with Crippen LogP contribution in [0.4, 0.5) is 13.6 Å². The van der Waals surface area contributed by atoms with Gasteiger partial charge in [-0.3, -0.25) is 4.90 Å². The van der Waals surface area contributed by atoms with Crippen LogP contribution in [-0.4, -0.2) is 36.8 Å². The number of ether oxygens (including phenoxy) is 2. The molecule has 2 aromatic carbocycles. The molecule has 0 aliphatic carbocycles. The summed E-state index contributed by atoms with van der Waals surface area (Å²) in [6.45, 7) is 2.81. The molecule has 0 saturated carbocycles. The Hall–Kier alpha value is -2.47. The lowest BCUT2D eigenvalue weighted by Crippen LogP contribution is -2.52. The average molecular weight is 373 g/mol. The van der Waals surface area contributed by atoms with Crippen LogP contribution in [0.1, 0.15) is 30.1 Å². The fraction of sp³-hybridized carbons (Fsp3) is 0.381. The lowest BCUT2D eigenvalue weighted by atomic mass is 9.86. The minimum atomic E-state index is -0.866. The molecule has 0 spiro atoms. The lowest BCUT2D eigenvalue weighted by molar-refractivity contribution is -0.0642. The highest BCUT2D eigenvalue weighted by Gasteiger charge is 2.37. The number of carbonyl (C=O) groups is 1. The van der Waals surface area contributed by atoms with Gasteiger partial charge in [-0.05, 0) is 61.7 Å². The molecule has 6 heteroatoms. The molecular formula is C21H21F2NO3. The molecule has 3 fully saturated rings. The number of halogens is 2. The van der Waals surface area contributed by atoms with Crippen molar-refractivity contribution in [3.63, 3.8) is 0 Å². The molecule has 2 atom stereocenters. The van der Waals surface area contributed by atoms with Crippen LogP contribution in [0.15, 0.2) is 48.5 Å². The van der Waals surface area contributed by atoms with Crippen molar-refractivity contribution in [2.24, 2.45) is 5.92 Å². The smallest absolute Gasteiger partial charge is 0.429 e. The maximum absolute atomic E-state index is 13.7. The summed E-state index contributed by atoms with van der Waals surface area (Å²) in [4.78, 5) is 14.7. The number of piperidine rings is 3. The molecule has 2 bridgehead atoms. The zero-order chi connectivity index (χ0) is 18.8. The minimum Gasteiger partial charge on any atom is -0.429 e. The van der Waals surface area contributed by atoms with Crippen molar-refractivity contribution in [2.45, 2.75) is 25.0 Å². The maximum atomic E-state index is 13.7. The molecule has 0 aromatic heterocycles. The molecule has 2 aromatic rings. The second-order valence-corrected chi connectivity index (χ2v) is 7.15. The SMILES string of the molecule is O=C(OC(c1ccc(F)cc1)c1cccc(F)c1)OC1CN2CCC1CC2. The Kier molecular flexibility index (Phi) is 5.07. The summed E-state index contributed by atoms with van der Waals surface area (Å²) in [5.41, 5.74) is 1.01. The van der Waals surface area contributed by atoms with Crippen molar-refractivity contribution in [2.75, 3.05) is 19.6 Å². The molecule has 0 amide bonds. The number of carbonyl (C=O) groups excluding carboxylic acids is 1. The molecule has 5 rings (SSSR count). The standard InChI is InChI=1S/C21H21F2NO3/c22-17-6-4-15(5-7-17)20(16-2-1-3-18(23)12-16)27-21(25)26-19-13-24-10-8-14(19)9-11-24/h1-7,12,14,19-20H,8-11,13H2. The predicted molar refractivity (Wildman–Crippen MR) is 95.2 cm³/mol. The summed E-state index contributed by atoms with van der Waals surface area (Å²) in [5.74, 6) is -0.471. The summed E-state index contributed by atoms with van der Waals surface area (Å²) in [7, 11) is 0. The van der Waals surface area contributed by atoms with E-state index in [2.05, 4.69) is 4.90 Å². The first-order chi connectivity index (χ1) is 13.1. The first-order valence-electron chi connectivity index (χ1n) is 9.19. The van der Waals surface area contributed by atoms with Crippen molar-refractivity contribution in [3.05, 3.63) is 71.3 Å². The monoisotopic (exact) mass is 373 g/mol. The third kappa shape index (κ3) is 4.11. The fourth-order valence-corrected chi connectivity index (χ4v) is 3.93. The van der Waals surface area contributed by atoms with Gasteiger partial charge >= 0.3 is 6.16 Å². The maximum Gasteiger partial charge on any atom is 0.509 e. The van der Waals surface area contributed by atoms with Gasteiger partial charge in [0.1, 0.15) is 17.7 Å². The van der Waals surface area contributed by atoms with Gasteiger partial charge in [0, 0.05) is 12.1 Å². The van der Waals surface area contributed by atoms with E-state index in [9.17, 15) is 13.6 Å². The van der Waals surface area contributed by atoms with Crippen LogP contribution in [0.5, 0.6) is 0 Å². The van der Waals surface area contributed by atoms with E-state index in [0.29, 0.717) is 17.0 Å². The van der Waals surface area contributed by atoms with Crippen molar-refractivity contribution in [1.29, 1.82) is 0 Å². The Labute approximate surface area is 156 Å². The van der Waals surface area contributed by atoms with E-state index < -0.39 is 23.9 Å². The first-order valence-corrected chi connectivity index (χ1v) is 9.19. The number of nitrogens with zero attached hydrogens (tertiary/aromatic N) is 1. The highest BCUT2D eigenvalue weighted by atomic mass is 19.1. The Morgan fingerprint density at radius 2 is 1.74 bits per heavy atom. The van der Waals surface area contributed by atoms with Gasteiger partial charge in [0.15, 0.2) is 6.10 Å².